The van der Waals surface area contributed by atoms with Crippen molar-refractivity contribution in [3.63, 3.8) is 0 Å². The topological polar surface area (TPSA) is 17.8 Å². The molecule has 0 saturated heterocycles. The number of hydrogen-bond acceptors (Lipinski definition) is 1. The van der Waals surface area contributed by atoms with Crippen LogP contribution in [0.25, 0.3) is 22.4 Å². The summed E-state index contributed by atoms with van der Waals surface area (Å²) in [5, 5.41) is 0.764. The predicted molar refractivity (Wildman–Crippen MR) is 100 cm³/mol. The largest absolute Gasteiger partial charge is 0.323 e. The van der Waals surface area contributed by atoms with Gasteiger partial charge in [-0.25, -0.2) is 4.98 Å². The van der Waals surface area contributed by atoms with E-state index >= 15 is 0 Å². The zero-order valence-electron chi connectivity index (χ0n) is 11.5. The highest BCUT2D eigenvalue weighted by Gasteiger charge is 2.14. The average molecular weight is 433 g/mol. The average Bonchev–Trinajstić information content (AvgIpc) is 2.80. The smallest absolute Gasteiger partial charge is 0.141 e. The number of hydrogen-bond donors (Lipinski definition) is 0. The van der Waals surface area contributed by atoms with Crippen molar-refractivity contribution < 1.29 is 0 Å². The second kappa shape index (κ2) is 6.99. The van der Waals surface area contributed by atoms with Crippen LogP contribution in [0.3, 0.4) is 0 Å². The van der Waals surface area contributed by atoms with Gasteiger partial charge in [0.25, 0.3) is 0 Å². The fourth-order valence-corrected chi connectivity index (χ4v) is 3.03. The fourth-order valence-electron chi connectivity index (χ4n) is 2.40. The molecule has 21 heavy (non-hydrogen) atoms. The summed E-state index contributed by atoms with van der Waals surface area (Å²) in [6.45, 7) is 3.09. The van der Waals surface area contributed by atoms with Gasteiger partial charge in [-0.2, -0.15) is 0 Å². The third kappa shape index (κ3) is 3.20. The Hall–Kier alpha value is -0.780. The second-order valence-electron chi connectivity index (χ2n) is 4.70. The molecule has 2 nitrogen and oxygen atoms in total. The minimum atomic E-state index is 0. The summed E-state index contributed by atoms with van der Waals surface area (Å²) in [5.41, 5.74) is 3.12. The summed E-state index contributed by atoms with van der Waals surface area (Å²) < 4.78 is 3.45. The summed E-state index contributed by atoms with van der Waals surface area (Å²) >= 11 is 8.67. The van der Waals surface area contributed by atoms with Crippen LogP contribution in [0.1, 0.15) is 13.3 Å². The highest BCUT2D eigenvalue weighted by atomic mass is 127. The Morgan fingerprint density at radius 2 is 1.86 bits per heavy atom. The first-order chi connectivity index (χ1) is 9.70. The molecule has 0 aliphatic rings. The van der Waals surface area contributed by atoms with Gasteiger partial charge in [-0.1, -0.05) is 36.7 Å². The number of fused-ring (bicyclic) bond motifs is 1. The van der Waals surface area contributed by atoms with E-state index in [0.29, 0.717) is 0 Å². The first kappa shape index (κ1) is 16.6. The Bertz CT molecular complexity index is 751. The third-order valence-electron chi connectivity index (χ3n) is 3.27. The molecule has 110 valence electrons. The quantitative estimate of drug-likeness (QED) is 0.478. The molecular formula is C16H15Cl2IN2. The van der Waals surface area contributed by atoms with Gasteiger partial charge < -0.3 is 4.57 Å². The van der Waals surface area contributed by atoms with Crippen LogP contribution >= 0.6 is 46.6 Å². The molecule has 0 fully saturated rings. The third-order valence-corrected chi connectivity index (χ3v) is 4.29. The van der Waals surface area contributed by atoms with Crippen molar-refractivity contribution in [1.29, 1.82) is 0 Å². The van der Waals surface area contributed by atoms with E-state index in [2.05, 4.69) is 58.3 Å². The summed E-state index contributed by atoms with van der Waals surface area (Å²) in [4.78, 5) is 4.77. The van der Waals surface area contributed by atoms with Gasteiger partial charge in [0.2, 0.25) is 0 Å². The zero-order valence-corrected chi connectivity index (χ0v) is 15.2. The van der Waals surface area contributed by atoms with E-state index in [1.807, 2.05) is 18.2 Å². The lowest BCUT2D eigenvalue weighted by molar-refractivity contribution is 0.704. The molecule has 0 bridgehead atoms. The van der Waals surface area contributed by atoms with E-state index in [9.17, 15) is 0 Å². The van der Waals surface area contributed by atoms with Gasteiger partial charge in [-0.15, -0.1) is 12.4 Å². The van der Waals surface area contributed by atoms with E-state index < -0.39 is 0 Å². The van der Waals surface area contributed by atoms with Gasteiger partial charge >= 0.3 is 0 Å². The highest BCUT2D eigenvalue weighted by molar-refractivity contribution is 14.1. The fraction of sp³-hybridized carbons (Fsp3) is 0.188. The number of aryl methyl sites for hydroxylation is 1. The number of halogens is 3. The normalized spacial score (nSPS) is 10.6. The molecular weight excluding hydrogens is 418 g/mol. The van der Waals surface area contributed by atoms with Crippen molar-refractivity contribution in [1.82, 2.24) is 9.55 Å². The van der Waals surface area contributed by atoms with Crippen molar-refractivity contribution in [3.05, 3.63) is 51.1 Å². The highest BCUT2D eigenvalue weighted by Crippen LogP contribution is 2.30. The molecule has 0 unspecified atom stereocenters. The van der Waals surface area contributed by atoms with Crippen molar-refractivity contribution >= 4 is 57.6 Å². The maximum atomic E-state index is 6.36. The molecule has 0 radical (unpaired) electrons. The van der Waals surface area contributed by atoms with E-state index in [1.165, 1.54) is 3.57 Å². The van der Waals surface area contributed by atoms with E-state index in [0.717, 1.165) is 40.4 Å². The summed E-state index contributed by atoms with van der Waals surface area (Å²) in [6.07, 6.45) is 1.05. The SMILES string of the molecule is CCCn1c(-c2ccc(I)cc2)nc2cccc(Cl)c21.Cl. The van der Waals surface area contributed by atoms with Gasteiger partial charge in [-0.05, 0) is 53.3 Å². The molecule has 0 aliphatic carbocycles. The van der Waals surface area contributed by atoms with E-state index in [-0.39, 0.29) is 12.4 Å². The van der Waals surface area contributed by atoms with Gasteiger partial charge in [-0.3, -0.25) is 0 Å². The lowest BCUT2D eigenvalue weighted by Crippen LogP contribution is -2.00. The minimum absolute atomic E-state index is 0. The molecule has 0 N–H and O–H groups in total. The van der Waals surface area contributed by atoms with Crippen LogP contribution < -0.4 is 0 Å². The van der Waals surface area contributed by atoms with Crippen LogP contribution in [0.2, 0.25) is 5.02 Å². The van der Waals surface area contributed by atoms with Crippen molar-refractivity contribution in [2.45, 2.75) is 19.9 Å². The van der Waals surface area contributed by atoms with Gasteiger partial charge in [0.15, 0.2) is 0 Å². The van der Waals surface area contributed by atoms with E-state index in [4.69, 9.17) is 16.6 Å². The Morgan fingerprint density at radius 3 is 2.52 bits per heavy atom. The summed E-state index contributed by atoms with van der Waals surface area (Å²) in [6, 6.07) is 14.3. The maximum absolute atomic E-state index is 6.36. The molecule has 0 amide bonds. The van der Waals surface area contributed by atoms with Crippen LogP contribution in [-0.4, -0.2) is 9.55 Å². The number of benzene rings is 2. The molecule has 0 spiro atoms. The molecule has 5 heteroatoms. The van der Waals surface area contributed by atoms with Crippen LogP contribution in [0.15, 0.2) is 42.5 Å². The van der Waals surface area contributed by atoms with Gasteiger partial charge in [0.05, 0.1) is 16.1 Å². The number of rotatable bonds is 3. The first-order valence-corrected chi connectivity index (χ1v) is 8.07. The molecule has 3 aromatic rings. The zero-order chi connectivity index (χ0) is 14.1. The monoisotopic (exact) mass is 432 g/mol. The Labute approximate surface area is 149 Å². The maximum Gasteiger partial charge on any atom is 0.141 e. The van der Waals surface area contributed by atoms with Crippen LogP contribution in [0.4, 0.5) is 0 Å². The molecule has 0 saturated carbocycles. The van der Waals surface area contributed by atoms with Gasteiger partial charge in [0, 0.05) is 15.7 Å². The molecule has 1 aromatic heterocycles. The molecule has 0 atom stereocenters. The lowest BCUT2D eigenvalue weighted by atomic mass is 10.2. The number of nitrogens with zero attached hydrogens (tertiary/aromatic N) is 2. The van der Waals surface area contributed by atoms with Crippen LogP contribution in [0.5, 0.6) is 0 Å². The number of aromatic nitrogens is 2. The minimum Gasteiger partial charge on any atom is -0.323 e. The Kier molecular flexibility index (Phi) is 5.52. The molecule has 3 rings (SSSR count). The number of imidazole rings is 1. The Balaban J connectivity index is 0.00000161. The molecule has 2 aromatic carbocycles. The standard InChI is InChI=1S/C16H14ClIN2.ClH/c1-2-10-20-15-13(17)4-3-5-14(15)19-16(20)11-6-8-12(18)9-7-11;/h3-9H,2,10H2,1H3;1H. The summed E-state index contributed by atoms with van der Waals surface area (Å²) in [7, 11) is 0. The molecule has 1 heterocycles. The number of para-hydroxylation sites is 1. The first-order valence-electron chi connectivity index (χ1n) is 6.61. The summed E-state index contributed by atoms with van der Waals surface area (Å²) in [5.74, 6) is 0.992. The van der Waals surface area contributed by atoms with E-state index in [1.54, 1.807) is 0 Å². The predicted octanol–water partition coefficient (Wildman–Crippen LogP) is 5.79. The van der Waals surface area contributed by atoms with Crippen LogP contribution in [-0.2, 0) is 6.54 Å². The Morgan fingerprint density at radius 1 is 1.14 bits per heavy atom. The van der Waals surface area contributed by atoms with Crippen molar-refractivity contribution in [2.75, 3.05) is 0 Å². The second-order valence-corrected chi connectivity index (χ2v) is 6.35. The lowest BCUT2D eigenvalue weighted by Gasteiger charge is -2.08. The van der Waals surface area contributed by atoms with Crippen molar-refractivity contribution in [3.8, 4) is 11.4 Å². The molecule has 0 aliphatic heterocycles. The van der Waals surface area contributed by atoms with Gasteiger partial charge in [0.1, 0.15) is 5.82 Å². The van der Waals surface area contributed by atoms with Crippen molar-refractivity contribution in [2.24, 2.45) is 0 Å². The van der Waals surface area contributed by atoms with Crippen LogP contribution in [0, 0.1) is 3.57 Å².